The van der Waals surface area contributed by atoms with Crippen LogP contribution in [0.15, 0.2) is 46.9 Å². The smallest absolute Gasteiger partial charge is 0.274 e. The molecule has 0 aliphatic rings. The monoisotopic (exact) mass is 363 g/mol. The lowest BCUT2D eigenvalue weighted by atomic mass is 10.0. The van der Waals surface area contributed by atoms with E-state index in [9.17, 15) is 14.9 Å². The molecule has 0 atom stereocenters. The molecule has 0 bridgehead atoms. The third kappa shape index (κ3) is 3.92. The predicted molar refractivity (Wildman–Crippen MR) is 86.4 cm³/mol. The van der Waals surface area contributed by atoms with Crippen molar-refractivity contribution >= 4 is 27.4 Å². The summed E-state index contributed by atoms with van der Waals surface area (Å²) in [6.07, 6.45) is -0.0163. The zero-order chi connectivity index (χ0) is 16.1. The number of ether oxygens (including phenoxy) is 1. The lowest BCUT2D eigenvalue weighted by Crippen LogP contribution is -2.06. The van der Waals surface area contributed by atoms with Crippen molar-refractivity contribution in [2.24, 2.45) is 0 Å². The minimum Gasteiger partial charge on any atom is -0.494 e. The van der Waals surface area contributed by atoms with E-state index in [1.165, 1.54) is 6.07 Å². The summed E-state index contributed by atoms with van der Waals surface area (Å²) in [5, 5.41) is 11.1. The number of Topliss-reactive ketones (excluding diaryl/α,β-unsaturated/α-hetero) is 1. The Labute approximate surface area is 136 Å². The Hall–Kier alpha value is -2.21. The quantitative estimate of drug-likeness (QED) is 0.438. The summed E-state index contributed by atoms with van der Waals surface area (Å²) in [6.45, 7) is 2.43. The number of carbonyl (C=O) groups excluding carboxylic acids is 1. The van der Waals surface area contributed by atoms with Crippen LogP contribution >= 0.6 is 15.9 Å². The lowest BCUT2D eigenvalue weighted by Gasteiger charge is -2.06. The molecule has 0 saturated carbocycles. The highest BCUT2D eigenvalue weighted by Gasteiger charge is 2.17. The maximum absolute atomic E-state index is 12.3. The number of benzene rings is 2. The van der Waals surface area contributed by atoms with Gasteiger partial charge in [-0.1, -0.05) is 22.0 Å². The molecule has 2 aromatic carbocycles. The van der Waals surface area contributed by atoms with Crippen LogP contribution in [0, 0.1) is 10.1 Å². The summed E-state index contributed by atoms with van der Waals surface area (Å²) < 4.78 is 5.92. The molecule has 0 spiro atoms. The SMILES string of the molecule is CCOc1ccc(C(=O)Cc2ccc(Br)cc2[N+](=O)[O-])cc1. The molecule has 22 heavy (non-hydrogen) atoms. The molecule has 2 rings (SSSR count). The van der Waals surface area contributed by atoms with Crippen molar-refractivity contribution in [3.05, 3.63) is 68.2 Å². The average molecular weight is 364 g/mol. The molecular formula is C16H14BrNO4. The largest absolute Gasteiger partial charge is 0.494 e. The molecule has 114 valence electrons. The first-order valence-corrected chi connectivity index (χ1v) is 7.49. The molecule has 0 radical (unpaired) electrons. The average Bonchev–Trinajstić information content (AvgIpc) is 2.50. The number of hydrogen-bond acceptors (Lipinski definition) is 4. The maximum Gasteiger partial charge on any atom is 0.274 e. The number of nitro groups is 1. The molecule has 2 aromatic rings. The van der Waals surface area contributed by atoms with Crippen LogP contribution in [0.3, 0.4) is 0 Å². The molecule has 6 heteroatoms. The van der Waals surface area contributed by atoms with E-state index in [-0.39, 0.29) is 17.9 Å². The maximum atomic E-state index is 12.3. The predicted octanol–water partition coefficient (Wildman–Crippen LogP) is 4.18. The Balaban J connectivity index is 2.20. The van der Waals surface area contributed by atoms with Crippen LogP contribution in [-0.2, 0) is 6.42 Å². The number of hydrogen-bond donors (Lipinski definition) is 0. The molecular weight excluding hydrogens is 350 g/mol. The van der Waals surface area contributed by atoms with Gasteiger partial charge in [-0.05, 0) is 37.3 Å². The van der Waals surface area contributed by atoms with Gasteiger partial charge < -0.3 is 4.74 Å². The second-order valence-corrected chi connectivity index (χ2v) is 5.50. The summed E-state index contributed by atoms with van der Waals surface area (Å²) in [6, 6.07) is 11.4. The first-order valence-electron chi connectivity index (χ1n) is 6.70. The fourth-order valence-electron chi connectivity index (χ4n) is 2.04. The fourth-order valence-corrected chi connectivity index (χ4v) is 2.38. The Morgan fingerprint density at radius 3 is 2.50 bits per heavy atom. The van der Waals surface area contributed by atoms with Gasteiger partial charge in [-0.15, -0.1) is 0 Å². The third-order valence-electron chi connectivity index (χ3n) is 3.08. The molecule has 0 aromatic heterocycles. The normalized spacial score (nSPS) is 10.3. The Morgan fingerprint density at radius 1 is 1.23 bits per heavy atom. The first-order chi connectivity index (χ1) is 10.5. The molecule has 0 aliphatic heterocycles. The van der Waals surface area contributed by atoms with Crippen molar-refractivity contribution < 1.29 is 14.5 Å². The van der Waals surface area contributed by atoms with E-state index in [0.29, 0.717) is 28.0 Å². The van der Waals surface area contributed by atoms with Crippen molar-refractivity contribution in [1.82, 2.24) is 0 Å². The zero-order valence-electron chi connectivity index (χ0n) is 11.9. The zero-order valence-corrected chi connectivity index (χ0v) is 13.5. The van der Waals surface area contributed by atoms with Crippen LogP contribution in [0.4, 0.5) is 5.69 Å². The number of halogens is 1. The number of ketones is 1. The van der Waals surface area contributed by atoms with E-state index in [1.54, 1.807) is 36.4 Å². The van der Waals surface area contributed by atoms with Gasteiger partial charge in [0.2, 0.25) is 0 Å². The van der Waals surface area contributed by atoms with Crippen molar-refractivity contribution in [2.45, 2.75) is 13.3 Å². The van der Waals surface area contributed by atoms with Crippen LogP contribution in [-0.4, -0.2) is 17.3 Å². The van der Waals surface area contributed by atoms with Gasteiger partial charge in [-0.3, -0.25) is 14.9 Å². The summed E-state index contributed by atoms with van der Waals surface area (Å²) in [5.74, 6) is 0.516. The van der Waals surface area contributed by atoms with Gasteiger partial charge in [0, 0.05) is 28.1 Å². The summed E-state index contributed by atoms with van der Waals surface area (Å²) in [5.41, 5.74) is 0.835. The first kappa shape index (κ1) is 16.2. The highest BCUT2D eigenvalue weighted by Crippen LogP contribution is 2.25. The summed E-state index contributed by atoms with van der Waals surface area (Å²) in [7, 11) is 0. The molecule has 0 N–H and O–H groups in total. The topological polar surface area (TPSA) is 69.4 Å². The third-order valence-corrected chi connectivity index (χ3v) is 3.58. The Bertz CT molecular complexity index is 698. The van der Waals surface area contributed by atoms with Gasteiger partial charge in [0.05, 0.1) is 11.5 Å². The number of nitrogens with zero attached hydrogens (tertiary/aromatic N) is 1. The van der Waals surface area contributed by atoms with E-state index < -0.39 is 4.92 Å². The summed E-state index contributed by atoms with van der Waals surface area (Å²) >= 11 is 3.20. The van der Waals surface area contributed by atoms with Crippen molar-refractivity contribution in [3.8, 4) is 5.75 Å². The molecule has 0 aliphatic carbocycles. The second kappa shape index (κ2) is 7.17. The van der Waals surface area contributed by atoms with Crippen LogP contribution in [0.5, 0.6) is 5.75 Å². The summed E-state index contributed by atoms with van der Waals surface area (Å²) in [4.78, 5) is 22.9. The van der Waals surface area contributed by atoms with Gasteiger partial charge in [0.25, 0.3) is 5.69 Å². The molecule has 0 unspecified atom stereocenters. The molecule has 0 saturated heterocycles. The Kier molecular flexibility index (Phi) is 5.27. The van der Waals surface area contributed by atoms with E-state index in [2.05, 4.69) is 15.9 Å². The van der Waals surface area contributed by atoms with E-state index in [4.69, 9.17) is 4.74 Å². The Morgan fingerprint density at radius 2 is 1.91 bits per heavy atom. The minimum atomic E-state index is -0.481. The van der Waals surface area contributed by atoms with Crippen LogP contribution < -0.4 is 4.74 Å². The number of nitro benzene ring substituents is 1. The number of carbonyl (C=O) groups is 1. The van der Waals surface area contributed by atoms with Gasteiger partial charge in [0.1, 0.15) is 5.75 Å². The van der Waals surface area contributed by atoms with Gasteiger partial charge >= 0.3 is 0 Å². The highest BCUT2D eigenvalue weighted by atomic mass is 79.9. The van der Waals surface area contributed by atoms with Crippen molar-refractivity contribution in [2.75, 3.05) is 6.61 Å². The van der Waals surface area contributed by atoms with Gasteiger partial charge in [-0.25, -0.2) is 0 Å². The fraction of sp³-hybridized carbons (Fsp3) is 0.188. The molecule has 0 fully saturated rings. The molecule has 0 heterocycles. The second-order valence-electron chi connectivity index (χ2n) is 4.59. The van der Waals surface area contributed by atoms with E-state index in [0.717, 1.165) is 0 Å². The van der Waals surface area contributed by atoms with E-state index in [1.807, 2.05) is 6.92 Å². The standard InChI is InChI=1S/C16H14BrNO4/c1-2-22-14-7-4-11(5-8-14)16(19)9-12-3-6-13(17)10-15(12)18(20)21/h3-8,10H,2,9H2,1H3. The van der Waals surface area contributed by atoms with Crippen LogP contribution in [0.1, 0.15) is 22.8 Å². The van der Waals surface area contributed by atoms with Crippen LogP contribution in [0.2, 0.25) is 0 Å². The van der Waals surface area contributed by atoms with E-state index >= 15 is 0 Å². The number of rotatable bonds is 6. The van der Waals surface area contributed by atoms with Crippen molar-refractivity contribution in [1.29, 1.82) is 0 Å². The van der Waals surface area contributed by atoms with Gasteiger partial charge in [-0.2, -0.15) is 0 Å². The minimum absolute atomic E-state index is 0.0163. The lowest BCUT2D eigenvalue weighted by molar-refractivity contribution is -0.385. The van der Waals surface area contributed by atoms with Crippen molar-refractivity contribution in [3.63, 3.8) is 0 Å². The molecule has 5 nitrogen and oxygen atoms in total. The highest BCUT2D eigenvalue weighted by molar-refractivity contribution is 9.10. The van der Waals surface area contributed by atoms with Gasteiger partial charge in [0.15, 0.2) is 5.78 Å². The molecule has 0 amide bonds. The van der Waals surface area contributed by atoms with Crippen LogP contribution in [0.25, 0.3) is 0 Å².